The molecule has 0 aliphatic heterocycles. The molecule has 0 amide bonds. The van der Waals surface area contributed by atoms with Gasteiger partial charge in [0.15, 0.2) is 0 Å². The van der Waals surface area contributed by atoms with Gasteiger partial charge in [0.1, 0.15) is 8.67 Å². The van der Waals surface area contributed by atoms with Gasteiger partial charge in [0.25, 0.3) is 0 Å². The van der Waals surface area contributed by atoms with Crippen molar-refractivity contribution in [2.45, 2.75) is 33.7 Å². The predicted octanol–water partition coefficient (Wildman–Crippen LogP) is 2.91. The molecule has 2 atom stereocenters. The molecule has 0 saturated heterocycles. The van der Waals surface area contributed by atoms with Crippen molar-refractivity contribution in [3.8, 4) is 0 Å². The Balaban J connectivity index is 1.49. The molecule has 2 saturated carbocycles. The number of rotatable bonds is 5. The Labute approximate surface area is 103 Å². The van der Waals surface area contributed by atoms with Gasteiger partial charge in [0, 0.05) is 12.8 Å². The molecule has 2 unspecified atom stereocenters. The summed E-state index contributed by atoms with van der Waals surface area (Å²) >= 11 is 23.1. The Kier molecular flexibility index (Phi) is 3.16. The molecule has 2 nitrogen and oxygen atoms in total. The second-order valence-electron chi connectivity index (χ2n) is 3.65. The molecular formula is C8H10Cl4O2. The van der Waals surface area contributed by atoms with Crippen molar-refractivity contribution in [3.05, 3.63) is 0 Å². The van der Waals surface area contributed by atoms with E-state index in [-0.39, 0.29) is 12.2 Å². The molecule has 0 spiro atoms. The summed E-state index contributed by atoms with van der Waals surface area (Å²) in [5, 5.41) is 0. The Morgan fingerprint density at radius 2 is 1.14 bits per heavy atom. The van der Waals surface area contributed by atoms with Crippen LogP contribution in [-0.2, 0) is 9.47 Å². The molecule has 2 fully saturated rings. The van der Waals surface area contributed by atoms with Crippen LogP contribution in [0.4, 0.5) is 0 Å². The normalized spacial score (nSPS) is 36.9. The molecule has 0 N–H and O–H groups in total. The molecule has 2 aliphatic carbocycles. The largest absolute Gasteiger partial charge is 0.373 e. The lowest BCUT2D eigenvalue weighted by Crippen LogP contribution is -2.11. The zero-order chi connectivity index (χ0) is 10.4. The molecule has 0 bridgehead atoms. The minimum atomic E-state index is -0.678. The van der Waals surface area contributed by atoms with Crippen LogP contribution in [0.25, 0.3) is 0 Å². The van der Waals surface area contributed by atoms with Gasteiger partial charge in [-0.2, -0.15) is 0 Å². The van der Waals surface area contributed by atoms with Crippen LogP contribution in [0.2, 0.25) is 0 Å². The van der Waals surface area contributed by atoms with E-state index in [1.54, 1.807) is 0 Å². The van der Waals surface area contributed by atoms with Gasteiger partial charge < -0.3 is 9.47 Å². The molecule has 2 rings (SSSR count). The van der Waals surface area contributed by atoms with Crippen molar-refractivity contribution in [1.82, 2.24) is 0 Å². The standard InChI is InChI=1S/C8H10Cl4O2/c9-7(10)3-5(7)13-1-2-14-6-4-8(6,11)12/h5-6H,1-4H2. The van der Waals surface area contributed by atoms with E-state index in [1.807, 2.05) is 0 Å². The van der Waals surface area contributed by atoms with Gasteiger partial charge in [-0.25, -0.2) is 0 Å². The van der Waals surface area contributed by atoms with Crippen LogP contribution in [0.3, 0.4) is 0 Å². The molecule has 0 aromatic heterocycles. The van der Waals surface area contributed by atoms with Crippen molar-refractivity contribution in [2.75, 3.05) is 13.2 Å². The predicted molar refractivity (Wildman–Crippen MR) is 57.6 cm³/mol. The summed E-state index contributed by atoms with van der Waals surface area (Å²) in [5.41, 5.74) is 0. The van der Waals surface area contributed by atoms with E-state index in [4.69, 9.17) is 55.9 Å². The summed E-state index contributed by atoms with van der Waals surface area (Å²) in [6.07, 6.45) is 1.28. The van der Waals surface area contributed by atoms with Gasteiger partial charge in [-0.3, -0.25) is 0 Å². The second-order valence-corrected chi connectivity index (χ2v) is 6.73. The van der Waals surface area contributed by atoms with E-state index in [1.165, 1.54) is 0 Å². The molecule has 0 radical (unpaired) electrons. The fourth-order valence-electron chi connectivity index (χ4n) is 1.12. The van der Waals surface area contributed by atoms with Crippen LogP contribution < -0.4 is 0 Å². The molecule has 2 aliphatic rings. The fraction of sp³-hybridized carbons (Fsp3) is 1.00. The quantitative estimate of drug-likeness (QED) is 0.569. The number of ether oxygens (including phenoxy) is 2. The van der Waals surface area contributed by atoms with Gasteiger partial charge in [0.05, 0.1) is 25.4 Å². The van der Waals surface area contributed by atoms with E-state index < -0.39 is 8.67 Å². The van der Waals surface area contributed by atoms with Crippen LogP contribution in [0.1, 0.15) is 12.8 Å². The lowest BCUT2D eigenvalue weighted by molar-refractivity contribution is 0.0318. The average molecular weight is 280 g/mol. The topological polar surface area (TPSA) is 18.5 Å². The summed E-state index contributed by atoms with van der Waals surface area (Å²) < 4.78 is 9.32. The van der Waals surface area contributed by atoms with E-state index >= 15 is 0 Å². The van der Waals surface area contributed by atoms with Crippen molar-refractivity contribution in [1.29, 1.82) is 0 Å². The third kappa shape index (κ3) is 2.81. The van der Waals surface area contributed by atoms with Crippen LogP contribution in [0, 0.1) is 0 Å². The average Bonchev–Trinajstić information content (AvgIpc) is 2.84. The number of halogens is 4. The number of hydrogen-bond acceptors (Lipinski definition) is 2. The maximum Gasteiger partial charge on any atom is 0.146 e. The van der Waals surface area contributed by atoms with E-state index in [0.29, 0.717) is 26.1 Å². The van der Waals surface area contributed by atoms with Gasteiger partial charge in [-0.05, 0) is 0 Å². The Morgan fingerprint density at radius 3 is 1.36 bits per heavy atom. The highest BCUT2D eigenvalue weighted by Crippen LogP contribution is 2.50. The first-order chi connectivity index (χ1) is 6.42. The monoisotopic (exact) mass is 278 g/mol. The van der Waals surface area contributed by atoms with Crippen LogP contribution in [0.5, 0.6) is 0 Å². The van der Waals surface area contributed by atoms with E-state index in [2.05, 4.69) is 0 Å². The maximum atomic E-state index is 5.76. The number of hydrogen-bond donors (Lipinski definition) is 0. The van der Waals surface area contributed by atoms with E-state index in [9.17, 15) is 0 Å². The van der Waals surface area contributed by atoms with Crippen molar-refractivity contribution in [3.63, 3.8) is 0 Å². The van der Waals surface area contributed by atoms with E-state index in [0.717, 1.165) is 0 Å². The first kappa shape index (κ1) is 11.6. The second kappa shape index (κ2) is 3.83. The SMILES string of the molecule is ClC1(Cl)CC1OCCOC1CC1(Cl)Cl. The highest BCUT2D eigenvalue weighted by Gasteiger charge is 2.54. The summed E-state index contributed by atoms with van der Waals surface area (Å²) in [6.45, 7) is 0.957. The summed E-state index contributed by atoms with van der Waals surface area (Å²) in [6, 6.07) is 0. The van der Waals surface area contributed by atoms with Gasteiger partial charge in [-0.1, -0.05) is 46.4 Å². The molecule has 14 heavy (non-hydrogen) atoms. The van der Waals surface area contributed by atoms with Crippen molar-refractivity contribution < 1.29 is 9.47 Å². The molecule has 0 aromatic rings. The maximum absolute atomic E-state index is 5.76. The zero-order valence-electron chi connectivity index (χ0n) is 7.31. The highest BCUT2D eigenvalue weighted by molar-refractivity contribution is 6.51. The highest BCUT2D eigenvalue weighted by atomic mass is 35.5. The molecule has 6 heteroatoms. The lowest BCUT2D eigenvalue weighted by Gasteiger charge is -2.05. The molecule has 0 heterocycles. The minimum Gasteiger partial charge on any atom is -0.373 e. The Hall–Kier alpha value is 1.08. The zero-order valence-corrected chi connectivity index (χ0v) is 10.3. The third-order valence-corrected chi connectivity index (χ3v) is 3.85. The Morgan fingerprint density at radius 1 is 0.857 bits per heavy atom. The van der Waals surface area contributed by atoms with Crippen molar-refractivity contribution in [2.24, 2.45) is 0 Å². The fourth-order valence-corrected chi connectivity index (χ4v) is 1.93. The summed E-state index contributed by atoms with van der Waals surface area (Å²) in [4.78, 5) is 0. The van der Waals surface area contributed by atoms with Crippen LogP contribution >= 0.6 is 46.4 Å². The third-order valence-electron chi connectivity index (χ3n) is 2.26. The minimum absolute atomic E-state index is 0.0506. The lowest BCUT2D eigenvalue weighted by atomic mass is 10.7. The smallest absolute Gasteiger partial charge is 0.146 e. The van der Waals surface area contributed by atoms with Crippen LogP contribution in [-0.4, -0.2) is 34.1 Å². The molecule has 0 aromatic carbocycles. The first-order valence-corrected chi connectivity index (χ1v) is 5.92. The Bertz CT molecular complexity index is 207. The van der Waals surface area contributed by atoms with Gasteiger partial charge in [-0.15, -0.1) is 0 Å². The van der Waals surface area contributed by atoms with Crippen molar-refractivity contribution >= 4 is 46.4 Å². The molecule has 82 valence electrons. The molecular weight excluding hydrogens is 270 g/mol. The summed E-state index contributed by atoms with van der Waals surface area (Å²) in [7, 11) is 0. The summed E-state index contributed by atoms with van der Waals surface area (Å²) in [5.74, 6) is 0. The number of alkyl halides is 4. The first-order valence-electron chi connectivity index (χ1n) is 4.41. The van der Waals surface area contributed by atoms with Gasteiger partial charge >= 0.3 is 0 Å². The van der Waals surface area contributed by atoms with Crippen LogP contribution in [0.15, 0.2) is 0 Å². The van der Waals surface area contributed by atoms with Gasteiger partial charge in [0.2, 0.25) is 0 Å².